The molecule has 0 nitrogen and oxygen atoms in total. The Labute approximate surface area is 275 Å². The first-order chi connectivity index (χ1) is 22.8. The van der Waals surface area contributed by atoms with Crippen LogP contribution in [-0.2, 0) is 0 Å². The summed E-state index contributed by atoms with van der Waals surface area (Å²) in [5.41, 5.74) is 12.9. The normalized spacial score (nSPS) is 11.9. The lowest BCUT2D eigenvalue weighted by Gasteiger charge is -2.24. The number of hydrogen-bond acceptors (Lipinski definition) is 2. The van der Waals surface area contributed by atoms with E-state index in [1.54, 1.807) is 0 Å². The maximum absolute atomic E-state index is 2.42. The summed E-state index contributed by atoms with van der Waals surface area (Å²) in [6.45, 7) is 0. The summed E-state index contributed by atoms with van der Waals surface area (Å²) in [6, 6.07) is 58.1. The monoisotopic (exact) mass is 618 g/mol. The van der Waals surface area contributed by atoms with Gasteiger partial charge in [-0.2, -0.15) is 0 Å². The third-order valence-electron chi connectivity index (χ3n) is 9.44. The summed E-state index contributed by atoms with van der Waals surface area (Å²) in [6.07, 6.45) is 0. The molecular formula is C44H26S2. The van der Waals surface area contributed by atoms with Crippen molar-refractivity contribution in [3.8, 4) is 55.6 Å². The van der Waals surface area contributed by atoms with Crippen molar-refractivity contribution in [1.29, 1.82) is 0 Å². The van der Waals surface area contributed by atoms with Crippen molar-refractivity contribution in [2.24, 2.45) is 0 Å². The van der Waals surface area contributed by atoms with Gasteiger partial charge in [-0.15, -0.1) is 22.7 Å². The van der Waals surface area contributed by atoms with Crippen molar-refractivity contribution >= 4 is 63.0 Å². The van der Waals surface area contributed by atoms with Crippen molar-refractivity contribution < 1.29 is 0 Å². The van der Waals surface area contributed by atoms with Crippen molar-refractivity contribution in [1.82, 2.24) is 0 Å². The molecular weight excluding hydrogens is 593 g/mol. The standard InChI is InChI=1S/C44H26S2/c1-3-9-27(10-4-1)29-17-21-31(22-18-29)35-25-33-13-7-16-38-39(33)41-42-40-34(14-8-15-37(40)45-43(35)41)26-36(44(42)46-38)32-23-19-30(20-24-32)28-11-5-2-6-12-28/h1-26H. The minimum Gasteiger partial charge on any atom is -0.134 e. The Balaban J connectivity index is 1.25. The van der Waals surface area contributed by atoms with E-state index in [2.05, 4.69) is 158 Å². The van der Waals surface area contributed by atoms with Crippen LogP contribution in [0.25, 0.3) is 96.0 Å². The quantitative estimate of drug-likeness (QED) is 0.136. The van der Waals surface area contributed by atoms with Gasteiger partial charge in [-0.05, 0) is 68.4 Å². The van der Waals surface area contributed by atoms with Crippen LogP contribution in [-0.4, -0.2) is 0 Å². The largest absolute Gasteiger partial charge is 0.134 e. The van der Waals surface area contributed by atoms with Crippen molar-refractivity contribution in [3.05, 3.63) is 158 Å². The zero-order valence-electron chi connectivity index (χ0n) is 24.8. The fraction of sp³-hybridized carbons (Fsp3) is 0. The minimum absolute atomic E-state index is 1.24. The van der Waals surface area contributed by atoms with Gasteiger partial charge < -0.3 is 0 Å². The van der Waals surface area contributed by atoms with Gasteiger partial charge in [0, 0.05) is 51.8 Å². The molecule has 214 valence electrons. The molecule has 0 atom stereocenters. The highest BCUT2D eigenvalue weighted by Crippen LogP contribution is 2.56. The molecule has 0 radical (unpaired) electrons. The van der Waals surface area contributed by atoms with Crippen molar-refractivity contribution in [3.63, 3.8) is 0 Å². The van der Waals surface area contributed by atoms with Gasteiger partial charge >= 0.3 is 0 Å². The zero-order chi connectivity index (χ0) is 30.2. The molecule has 2 aliphatic heterocycles. The van der Waals surface area contributed by atoms with E-state index in [1.807, 2.05) is 22.7 Å². The predicted octanol–water partition coefficient (Wildman–Crippen LogP) is 13.6. The molecule has 0 spiro atoms. The summed E-state index contributed by atoms with van der Waals surface area (Å²) in [5, 5.41) is 5.39. The Kier molecular flexibility index (Phi) is 5.72. The molecule has 0 saturated carbocycles. The topological polar surface area (TPSA) is 0 Å². The van der Waals surface area contributed by atoms with Crippen LogP contribution in [0.15, 0.2) is 158 Å². The Morgan fingerprint density at radius 3 is 1.09 bits per heavy atom. The summed E-state index contributed by atoms with van der Waals surface area (Å²) in [7, 11) is 0. The molecule has 0 N–H and O–H groups in total. The molecule has 2 heteroatoms. The second kappa shape index (κ2) is 10.1. The molecule has 2 aliphatic rings. The van der Waals surface area contributed by atoms with E-state index >= 15 is 0 Å². The number of rotatable bonds is 4. The van der Waals surface area contributed by atoms with Gasteiger partial charge in [0.25, 0.3) is 0 Å². The first kappa shape index (κ1) is 26.0. The predicted molar refractivity (Wildman–Crippen MR) is 202 cm³/mol. The molecule has 0 unspecified atom stereocenters. The highest BCUT2D eigenvalue weighted by molar-refractivity contribution is 7.27. The Morgan fingerprint density at radius 1 is 0.304 bits per heavy atom. The maximum atomic E-state index is 2.42. The summed E-state index contributed by atoms with van der Waals surface area (Å²) in [5.74, 6) is 0. The lowest BCUT2D eigenvalue weighted by atomic mass is 9.87. The highest BCUT2D eigenvalue weighted by Gasteiger charge is 2.26. The van der Waals surface area contributed by atoms with Crippen LogP contribution in [0.5, 0.6) is 0 Å². The van der Waals surface area contributed by atoms with Gasteiger partial charge in [0.15, 0.2) is 0 Å². The van der Waals surface area contributed by atoms with Gasteiger partial charge in [0.05, 0.1) is 0 Å². The van der Waals surface area contributed by atoms with Gasteiger partial charge in [-0.1, -0.05) is 133 Å². The molecule has 0 saturated heterocycles. The molecule has 10 rings (SSSR count). The molecule has 0 aromatic heterocycles. The first-order valence-electron chi connectivity index (χ1n) is 15.7. The first-order valence-corrected chi connectivity index (χ1v) is 17.3. The van der Waals surface area contributed by atoms with E-state index in [-0.39, 0.29) is 0 Å². The molecule has 0 fully saturated rings. The third kappa shape index (κ3) is 3.91. The molecule has 8 aromatic rings. The van der Waals surface area contributed by atoms with E-state index < -0.39 is 0 Å². The smallest absolute Gasteiger partial charge is 0.0441 e. The van der Waals surface area contributed by atoms with Gasteiger partial charge in [0.2, 0.25) is 0 Å². The van der Waals surface area contributed by atoms with Crippen molar-refractivity contribution in [2.75, 3.05) is 0 Å². The lowest BCUT2D eigenvalue weighted by Crippen LogP contribution is -1.95. The van der Waals surface area contributed by atoms with Crippen LogP contribution in [0, 0.1) is 0 Å². The van der Waals surface area contributed by atoms with Gasteiger partial charge in [-0.3, -0.25) is 0 Å². The van der Waals surface area contributed by atoms with Crippen LogP contribution in [0.3, 0.4) is 0 Å². The SMILES string of the molecule is c1ccc(-c2ccc(-c3cc4cccc5sc6c(-c7ccc(-c8ccccc8)cc7)cc7cccc8sc3c(c45)-c6c78)cc2)cc1. The van der Waals surface area contributed by atoms with Crippen molar-refractivity contribution in [2.45, 2.75) is 0 Å². The minimum atomic E-state index is 1.24. The van der Waals surface area contributed by atoms with Crippen LogP contribution in [0.4, 0.5) is 0 Å². The van der Waals surface area contributed by atoms with Crippen LogP contribution >= 0.6 is 22.7 Å². The summed E-state index contributed by atoms with van der Waals surface area (Å²) in [4.78, 5) is 0. The van der Waals surface area contributed by atoms with E-state index in [9.17, 15) is 0 Å². The van der Waals surface area contributed by atoms with E-state index in [4.69, 9.17) is 0 Å². The van der Waals surface area contributed by atoms with Crippen LogP contribution < -0.4 is 0 Å². The van der Waals surface area contributed by atoms with E-state index in [1.165, 1.54) is 96.0 Å². The molecule has 0 aliphatic carbocycles. The van der Waals surface area contributed by atoms with E-state index in [0.29, 0.717) is 0 Å². The zero-order valence-corrected chi connectivity index (χ0v) is 26.5. The van der Waals surface area contributed by atoms with Gasteiger partial charge in [0.1, 0.15) is 0 Å². The van der Waals surface area contributed by atoms with Crippen LogP contribution in [0.2, 0.25) is 0 Å². The van der Waals surface area contributed by atoms with Gasteiger partial charge in [-0.25, -0.2) is 0 Å². The molecule has 8 aromatic carbocycles. The average molecular weight is 619 g/mol. The Bertz CT molecular complexity index is 2450. The second-order valence-corrected chi connectivity index (χ2v) is 14.2. The number of hydrogen-bond donors (Lipinski definition) is 0. The van der Waals surface area contributed by atoms with E-state index in [0.717, 1.165) is 0 Å². The fourth-order valence-electron chi connectivity index (χ4n) is 7.26. The lowest BCUT2D eigenvalue weighted by molar-refractivity contribution is 1.61. The number of benzene rings is 8. The summed E-state index contributed by atoms with van der Waals surface area (Å²) < 4.78 is 5.42. The molecule has 46 heavy (non-hydrogen) atoms. The summed E-state index contributed by atoms with van der Waals surface area (Å²) >= 11 is 3.88. The average Bonchev–Trinajstić information content (AvgIpc) is 3.13. The highest BCUT2D eigenvalue weighted by atomic mass is 32.1. The fourth-order valence-corrected chi connectivity index (χ4v) is 9.83. The molecule has 2 heterocycles. The third-order valence-corrected chi connectivity index (χ3v) is 11.8. The molecule has 0 amide bonds. The Hall–Kier alpha value is -5.28. The molecule has 0 bridgehead atoms. The Morgan fingerprint density at radius 2 is 0.674 bits per heavy atom. The van der Waals surface area contributed by atoms with Crippen LogP contribution in [0.1, 0.15) is 0 Å². The second-order valence-electron chi connectivity index (χ2n) is 12.1. The maximum Gasteiger partial charge on any atom is 0.0441 e.